The second-order valence-corrected chi connectivity index (χ2v) is 11.7. The molecule has 1 heterocycles. The number of hydrogen-bond acceptors (Lipinski definition) is 12. The van der Waals surface area contributed by atoms with E-state index in [1.165, 1.54) is 33.3 Å². The van der Waals surface area contributed by atoms with Gasteiger partial charge in [0.05, 0.1) is 41.5 Å². The van der Waals surface area contributed by atoms with Crippen LogP contribution in [-0.4, -0.2) is 107 Å². The number of likely N-dealkylation sites (N-methyl/N-ethyl adjacent to an activating group) is 1. The number of nitrogens with zero attached hydrogens (tertiary/aromatic N) is 1. The van der Waals surface area contributed by atoms with Crippen LogP contribution < -0.4 is 4.74 Å². The van der Waals surface area contributed by atoms with E-state index in [4.69, 9.17) is 18.9 Å². The number of ketones is 3. The molecule has 1 fully saturated rings. The summed E-state index contributed by atoms with van der Waals surface area (Å²) in [5, 5.41) is 44.4. The number of Topliss-reactive ketones (excluding diaryl/α,β-unsaturated/α-hetero) is 1. The molecule has 12 heteroatoms. The molecule has 4 N–H and O–H groups in total. The summed E-state index contributed by atoms with van der Waals surface area (Å²) < 4.78 is 23.1. The Balaban J connectivity index is 1.70. The van der Waals surface area contributed by atoms with E-state index >= 15 is 0 Å². The predicted octanol–water partition coefficient (Wildman–Crippen LogP) is 1.72. The molecule has 0 aromatic heterocycles. The number of aliphatic hydroxyl groups is 2. The molecule has 3 aliphatic rings. The Labute approximate surface area is 242 Å². The van der Waals surface area contributed by atoms with Gasteiger partial charge in [-0.1, -0.05) is 0 Å². The Morgan fingerprint density at radius 2 is 1.67 bits per heavy atom. The van der Waals surface area contributed by atoms with E-state index in [2.05, 4.69) is 0 Å². The van der Waals surface area contributed by atoms with Crippen molar-refractivity contribution in [3.05, 3.63) is 51.6 Å². The van der Waals surface area contributed by atoms with Gasteiger partial charge in [-0.05, 0) is 53.1 Å². The number of aliphatic hydroxyl groups excluding tert-OH is 1. The Bertz CT molecular complexity index is 1500. The first-order valence-electron chi connectivity index (χ1n) is 13.5. The fourth-order valence-electron chi connectivity index (χ4n) is 6.38. The number of phenolic OH excluding ortho intramolecular Hbond substituents is 2. The van der Waals surface area contributed by atoms with Gasteiger partial charge in [0.25, 0.3) is 0 Å². The number of methoxy groups -OCH3 is 2. The first-order valence-corrected chi connectivity index (χ1v) is 13.5. The van der Waals surface area contributed by atoms with Gasteiger partial charge in [0.15, 0.2) is 23.5 Å². The molecule has 2 aromatic rings. The molecule has 2 aliphatic carbocycles. The van der Waals surface area contributed by atoms with Crippen LogP contribution in [0.5, 0.6) is 17.2 Å². The molecule has 1 aliphatic heterocycles. The molecular formula is C30H35NO11. The minimum atomic E-state index is -2.17. The number of fused-ring (bicyclic) bond motifs is 3. The molecule has 2 aromatic carbocycles. The van der Waals surface area contributed by atoms with Crippen molar-refractivity contribution in [3.63, 3.8) is 0 Å². The van der Waals surface area contributed by atoms with Gasteiger partial charge in [-0.3, -0.25) is 14.4 Å². The van der Waals surface area contributed by atoms with Crippen molar-refractivity contribution < 1.29 is 53.8 Å². The lowest BCUT2D eigenvalue weighted by Crippen LogP contribution is -2.62. The number of phenols is 2. The Hall–Kier alpha value is -3.39. The van der Waals surface area contributed by atoms with E-state index in [1.54, 1.807) is 21.0 Å². The van der Waals surface area contributed by atoms with E-state index < -0.39 is 76.3 Å². The molecule has 0 radical (unpaired) electrons. The average molecular weight is 586 g/mol. The fourth-order valence-corrected chi connectivity index (χ4v) is 6.38. The smallest absolute Gasteiger partial charge is 0.202 e. The Kier molecular flexibility index (Phi) is 7.24. The zero-order valence-electron chi connectivity index (χ0n) is 24.4. The number of carbonyl (C=O) groups is 3. The highest BCUT2D eigenvalue weighted by Gasteiger charge is 2.56. The third kappa shape index (κ3) is 4.08. The van der Waals surface area contributed by atoms with Crippen molar-refractivity contribution >= 4 is 17.3 Å². The first kappa shape index (κ1) is 30.1. The normalized spacial score (nSPS) is 32.4. The second-order valence-electron chi connectivity index (χ2n) is 11.7. The summed E-state index contributed by atoms with van der Waals surface area (Å²) in [5.74, 6) is -3.66. The maximum atomic E-state index is 13.8. The lowest BCUT2D eigenvalue weighted by atomic mass is 9.72. The number of rotatable bonds is 5. The standard InChI is InChI=1S/C30H35NO11/c1-12-26(36)29(2,31(4)5)11-17(41-12)42-25-19-14(27(37)30(3,38)28(25)40-7)10-13-18(23(19)34)24(35)20-15(32)8-9-16(39-6)21(20)22(13)33/h8-10,12,17,25-26,28,32,34,36,38H,11H2,1-7H3/t12-,17-,25?,26+,28?,29-,30?/m0/s1. The van der Waals surface area contributed by atoms with Gasteiger partial charge in [0, 0.05) is 30.2 Å². The van der Waals surface area contributed by atoms with Crippen LogP contribution >= 0.6 is 0 Å². The first-order chi connectivity index (χ1) is 19.6. The van der Waals surface area contributed by atoms with Crippen LogP contribution in [0, 0.1) is 0 Å². The fraction of sp³-hybridized carbons (Fsp3) is 0.500. The van der Waals surface area contributed by atoms with E-state index in [0.29, 0.717) is 0 Å². The zero-order valence-corrected chi connectivity index (χ0v) is 24.4. The summed E-state index contributed by atoms with van der Waals surface area (Å²) in [6.45, 7) is 4.76. The van der Waals surface area contributed by atoms with E-state index in [9.17, 15) is 34.8 Å². The SMILES string of the molecule is COc1ccc(O)c2c1C(=O)c1cc3c(c(O)c1C2=O)C(O[C@H]1C[C@](C)(N(C)C)[C@H](O)[C@H](C)O1)C(OC)C(C)(O)C3=O. The van der Waals surface area contributed by atoms with Crippen LogP contribution in [0.25, 0.3) is 0 Å². The van der Waals surface area contributed by atoms with Gasteiger partial charge in [0.2, 0.25) is 5.78 Å². The largest absolute Gasteiger partial charge is 0.507 e. The molecule has 5 rings (SSSR count). The molecule has 226 valence electrons. The third-order valence-corrected chi connectivity index (χ3v) is 9.05. The summed E-state index contributed by atoms with van der Waals surface area (Å²) >= 11 is 0. The van der Waals surface area contributed by atoms with E-state index in [1.807, 2.05) is 11.8 Å². The molecule has 3 unspecified atom stereocenters. The van der Waals surface area contributed by atoms with E-state index in [-0.39, 0.29) is 40.0 Å². The van der Waals surface area contributed by atoms with Crippen molar-refractivity contribution in [2.45, 2.75) is 69.0 Å². The van der Waals surface area contributed by atoms with Crippen molar-refractivity contribution in [2.75, 3.05) is 28.3 Å². The summed E-state index contributed by atoms with van der Waals surface area (Å²) in [5.41, 5.74) is -4.66. The molecule has 0 spiro atoms. The van der Waals surface area contributed by atoms with Gasteiger partial charge < -0.3 is 44.3 Å². The van der Waals surface area contributed by atoms with Crippen LogP contribution in [0.3, 0.4) is 0 Å². The highest BCUT2D eigenvalue weighted by Crippen LogP contribution is 2.50. The topological polar surface area (TPSA) is 172 Å². The second kappa shape index (κ2) is 10.1. The van der Waals surface area contributed by atoms with Gasteiger partial charge in [-0.25, -0.2) is 0 Å². The number of carbonyl (C=O) groups excluding carboxylic acids is 3. The van der Waals surface area contributed by atoms with Gasteiger partial charge in [0.1, 0.15) is 29.5 Å². The van der Waals surface area contributed by atoms with Crippen molar-refractivity contribution in [2.24, 2.45) is 0 Å². The monoisotopic (exact) mass is 585 g/mol. The van der Waals surface area contributed by atoms with Crippen molar-refractivity contribution in [1.29, 1.82) is 0 Å². The van der Waals surface area contributed by atoms with Crippen LogP contribution in [0.1, 0.15) is 81.1 Å². The average Bonchev–Trinajstić information content (AvgIpc) is 2.92. The number of ether oxygens (including phenoxy) is 4. The molecule has 12 nitrogen and oxygen atoms in total. The molecule has 0 saturated carbocycles. The number of aromatic hydroxyl groups is 2. The lowest BCUT2D eigenvalue weighted by molar-refractivity contribution is -0.285. The molecule has 1 saturated heterocycles. The van der Waals surface area contributed by atoms with E-state index in [0.717, 1.165) is 6.07 Å². The minimum Gasteiger partial charge on any atom is -0.507 e. The summed E-state index contributed by atoms with van der Waals surface area (Å²) in [4.78, 5) is 42.9. The molecule has 7 atom stereocenters. The van der Waals surface area contributed by atoms with Crippen molar-refractivity contribution in [1.82, 2.24) is 4.90 Å². The third-order valence-electron chi connectivity index (χ3n) is 9.05. The Morgan fingerprint density at radius 3 is 2.26 bits per heavy atom. The van der Waals surface area contributed by atoms with Crippen molar-refractivity contribution in [3.8, 4) is 17.2 Å². The number of hydrogen-bond donors (Lipinski definition) is 4. The van der Waals surface area contributed by atoms with Gasteiger partial charge >= 0.3 is 0 Å². The summed E-state index contributed by atoms with van der Waals surface area (Å²) in [6, 6.07) is 3.68. The quantitative estimate of drug-likeness (QED) is 0.342. The highest BCUT2D eigenvalue weighted by molar-refractivity contribution is 6.32. The van der Waals surface area contributed by atoms with Crippen LogP contribution in [0.2, 0.25) is 0 Å². The molecule has 42 heavy (non-hydrogen) atoms. The Morgan fingerprint density at radius 1 is 1.00 bits per heavy atom. The van der Waals surface area contributed by atoms with Crippen LogP contribution in [-0.2, 0) is 14.2 Å². The maximum absolute atomic E-state index is 13.8. The highest BCUT2D eigenvalue weighted by atomic mass is 16.7. The van der Waals surface area contributed by atoms with Gasteiger partial charge in [-0.2, -0.15) is 0 Å². The molecule has 0 bridgehead atoms. The molecular weight excluding hydrogens is 550 g/mol. The van der Waals surface area contributed by atoms with Gasteiger partial charge in [-0.15, -0.1) is 0 Å². The summed E-state index contributed by atoms with van der Waals surface area (Å²) in [6.07, 6.45) is -5.11. The number of benzene rings is 2. The lowest BCUT2D eigenvalue weighted by Gasteiger charge is -2.50. The summed E-state index contributed by atoms with van der Waals surface area (Å²) in [7, 11) is 6.17. The zero-order chi connectivity index (χ0) is 31.0. The minimum absolute atomic E-state index is 0.0256. The van der Waals surface area contributed by atoms with Crippen LogP contribution in [0.15, 0.2) is 18.2 Å². The predicted molar refractivity (Wildman–Crippen MR) is 146 cm³/mol. The van der Waals surface area contributed by atoms with Crippen LogP contribution in [0.4, 0.5) is 0 Å². The maximum Gasteiger partial charge on any atom is 0.202 e. The molecule has 0 amide bonds.